The van der Waals surface area contributed by atoms with Crippen molar-refractivity contribution in [1.82, 2.24) is 9.38 Å². The Hall–Kier alpha value is -1.39. The zero-order valence-electron chi connectivity index (χ0n) is 11.2. The molecule has 2 aromatic rings. The molecule has 3 rings (SSSR count). The van der Waals surface area contributed by atoms with Crippen LogP contribution in [-0.4, -0.2) is 20.6 Å². The molecular weight excluding hydrogens is 228 g/mol. The number of hydrogen-bond acceptors (Lipinski definition) is 3. The molecule has 1 aliphatic heterocycles. The molecule has 2 aromatic heterocycles. The van der Waals surface area contributed by atoms with Gasteiger partial charge in [-0.2, -0.15) is 0 Å². The van der Waals surface area contributed by atoms with Crippen LogP contribution >= 0.6 is 0 Å². The van der Waals surface area contributed by atoms with E-state index in [1.807, 2.05) is 28.9 Å². The molecule has 0 saturated carbocycles. The van der Waals surface area contributed by atoms with E-state index in [0.29, 0.717) is 0 Å². The van der Waals surface area contributed by atoms with Crippen molar-refractivity contribution in [2.45, 2.75) is 45.2 Å². The molecule has 0 bridgehead atoms. The van der Waals surface area contributed by atoms with Gasteiger partial charge in [-0.3, -0.25) is 0 Å². The molecule has 1 aliphatic rings. The highest BCUT2D eigenvalue weighted by Crippen LogP contribution is 2.44. The van der Waals surface area contributed by atoms with Gasteiger partial charge in [-0.1, -0.05) is 0 Å². The van der Waals surface area contributed by atoms with Gasteiger partial charge in [0.15, 0.2) is 6.29 Å². The second-order valence-electron chi connectivity index (χ2n) is 5.74. The summed E-state index contributed by atoms with van der Waals surface area (Å²) < 4.78 is 14.0. The normalized spacial score (nSPS) is 22.7. The van der Waals surface area contributed by atoms with Gasteiger partial charge in [-0.05, 0) is 39.8 Å². The van der Waals surface area contributed by atoms with Crippen LogP contribution in [0, 0.1) is 0 Å². The number of pyridine rings is 1. The molecule has 4 nitrogen and oxygen atoms in total. The topological polar surface area (TPSA) is 35.8 Å². The Bertz CT molecular complexity index is 570. The first-order valence-corrected chi connectivity index (χ1v) is 6.17. The molecule has 0 aliphatic carbocycles. The maximum absolute atomic E-state index is 6.02. The van der Waals surface area contributed by atoms with Gasteiger partial charge in [0, 0.05) is 24.2 Å². The van der Waals surface area contributed by atoms with Crippen molar-refractivity contribution in [3.8, 4) is 0 Å². The lowest BCUT2D eigenvalue weighted by molar-refractivity contribution is -0.0897. The Morgan fingerprint density at radius 3 is 2.44 bits per heavy atom. The van der Waals surface area contributed by atoms with E-state index in [2.05, 4.69) is 32.7 Å². The van der Waals surface area contributed by atoms with Crippen LogP contribution in [0.5, 0.6) is 0 Å². The Morgan fingerprint density at radius 2 is 1.78 bits per heavy atom. The zero-order valence-corrected chi connectivity index (χ0v) is 11.2. The van der Waals surface area contributed by atoms with E-state index in [1.165, 1.54) is 0 Å². The van der Waals surface area contributed by atoms with Crippen LogP contribution in [0.15, 0.2) is 30.7 Å². The molecule has 0 aromatic carbocycles. The van der Waals surface area contributed by atoms with E-state index < -0.39 is 0 Å². The number of aromatic nitrogens is 2. The summed E-state index contributed by atoms with van der Waals surface area (Å²) in [6.07, 6.45) is 5.39. The van der Waals surface area contributed by atoms with E-state index in [-0.39, 0.29) is 17.5 Å². The molecule has 0 amide bonds. The second-order valence-corrected chi connectivity index (χ2v) is 5.74. The van der Waals surface area contributed by atoms with Gasteiger partial charge in [-0.25, -0.2) is 4.98 Å². The van der Waals surface area contributed by atoms with Crippen LogP contribution in [0.4, 0.5) is 0 Å². The lowest BCUT2D eigenvalue weighted by Crippen LogP contribution is -2.41. The molecule has 4 heteroatoms. The van der Waals surface area contributed by atoms with Gasteiger partial charge < -0.3 is 13.9 Å². The Morgan fingerprint density at radius 1 is 1.11 bits per heavy atom. The summed E-state index contributed by atoms with van der Waals surface area (Å²) in [5.74, 6) is 0. The van der Waals surface area contributed by atoms with E-state index in [1.54, 1.807) is 6.20 Å². The van der Waals surface area contributed by atoms with Crippen molar-refractivity contribution in [3.05, 3.63) is 36.3 Å². The van der Waals surface area contributed by atoms with E-state index in [4.69, 9.17) is 9.47 Å². The lowest BCUT2D eigenvalue weighted by Gasteiger charge is -2.30. The fourth-order valence-corrected chi connectivity index (χ4v) is 2.06. The third kappa shape index (κ3) is 1.64. The molecule has 0 spiro atoms. The summed E-state index contributed by atoms with van der Waals surface area (Å²) in [7, 11) is 0. The monoisotopic (exact) mass is 246 g/mol. The van der Waals surface area contributed by atoms with Crippen LogP contribution in [-0.2, 0) is 9.47 Å². The first kappa shape index (κ1) is 11.7. The van der Waals surface area contributed by atoms with Gasteiger partial charge in [0.2, 0.25) is 0 Å². The van der Waals surface area contributed by atoms with Gasteiger partial charge in [0.1, 0.15) is 5.65 Å². The second kappa shape index (κ2) is 3.56. The third-order valence-electron chi connectivity index (χ3n) is 3.94. The Balaban J connectivity index is 1.96. The maximum atomic E-state index is 6.02. The van der Waals surface area contributed by atoms with Crippen molar-refractivity contribution in [1.29, 1.82) is 0 Å². The van der Waals surface area contributed by atoms with Gasteiger partial charge in [0.05, 0.1) is 11.2 Å². The molecular formula is C14H18N2O2. The largest absolute Gasteiger partial charge is 0.339 e. The van der Waals surface area contributed by atoms with Crippen molar-refractivity contribution in [3.63, 3.8) is 0 Å². The molecule has 96 valence electrons. The highest BCUT2D eigenvalue weighted by molar-refractivity contribution is 5.39. The summed E-state index contributed by atoms with van der Waals surface area (Å²) >= 11 is 0. The SMILES string of the molecule is CC1(C)OC(c2ccc3nccn3c2)OC1(C)C. The van der Waals surface area contributed by atoms with E-state index >= 15 is 0 Å². The molecule has 0 radical (unpaired) electrons. The third-order valence-corrected chi connectivity index (χ3v) is 3.94. The molecule has 0 N–H and O–H groups in total. The number of rotatable bonds is 1. The zero-order chi connectivity index (χ0) is 13.0. The standard InChI is InChI=1S/C14H18N2O2/c1-13(2)14(3,4)18-12(17-13)10-5-6-11-15-7-8-16(11)9-10/h5-9,12H,1-4H3. The van der Waals surface area contributed by atoms with Gasteiger partial charge >= 0.3 is 0 Å². The van der Waals surface area contributed by atoms with Crippen LogP contribution in [0.25, 0.3) is 5.65 Å². The predicted octanol–water partition coefficient (Wildman–Crippen LogP) is 2.94. The van der Waals surface area contributed by atoms with Crippen molar-refractivity contribution in [2.24, 2.45) is 0 Å². The van der Waals surface area contributed by atoms with E-state index in [9.17, 15) is 0 Å². The maximum Gasteiger partial charge on any atom is 0.186 e. The van der Waals surface area contributed by atoms with Crippen LogP contribution in [0.1, 0.15) is 39.5 Å². The fourth-order valence-electron chi connectivity index (χ4n) is 2.06. The first-order chi connectivity index (χ1) is 8.39. The van der Waals surface area contributed by atoms with Gasteiger partial charge in [-0.15, -0.1) is 0 Å². The average Bonchev–Trinajstić information content (AvgIpc) is 2.80. The number of nitrogens with zero attached hydrogens (tertiary/aromatic N) is 2. The van der Waals surface area contributed by atoms with Crippen LogP contribution in [0.3, 0.4) is 0 Å². The molecule has 1 fully saturated rings. The summed E-state index contributed by atoms with van der Waals surface area (Å²) in [5, 5.41) is 0. The summed E-state index contributed by atoms with van der Waals surface area (Å²) in [6, 6.07) is 3.98. The molecule has 0 atom stereocenters. The van der Waals surface area contributed by atoms with Crippen molar-refractivity contribution >= 4 is 5.65 Å². The van der Waals surface area contributed by atoms with Crippen molar-refractivity contribution < 1.29 is 9.47 Å². The highest BCUT2D eigenvalue weighted by Gasteiger charge is 2.49. The molecule has 18 heavy (non-hydrogen) atoms. The average molecular weight is 246 g/mol. The van der Waals surface area contributed by atoms with Crippen LogP contribution < -0.4 is 0 Å². The number of fused-ring (bicyclic) bond motifs is 1. The minimum atomic E-state index is -0.318. The number of hydrogen-bond donors (Lipinski definition) is 0. The minimum absolute atomic E-state index is 0.304. The summed E-state index contributed by atoms with van der Waals surface area (Å²) in [4.78, 5) is 4.22. The predicted molar refractivity (Wildman–Crippen MR) is 68.3 cm³/mol. The molecule has 3 heterocycles. The Kier molecular flexibility index (Phi) is 2.31. The molecule has 1 saturated heterocycles. The number of ether oxygens (including phenoxy) is 2. The fraction of sp³-hybridized carbons (Fsp3) is 0.500. The summed E-state index contributed by atoms with van der Waals surface area (Å²) in [6.45, 7) is 8.23. The van der Waals surface area contributed by atoms with Gasteiger partial charge in [0.25, 0.3) is 0 Å². The number of imidazole rings is 1. The quantitative estimate of drug-likeness (QED) is 0.776. The highest BCUT2D eigenvalue weighted by atomic mass is 16.7. The lowest BCUT2D eigenvalue weighted by atomic mass is 9.90. The first-order valence-electron chi connectivity index (χ1n) is 6.17. The summed E-state index contributed by atoms with van der Waals surface area (Å²) in [5.41, 5.74) is 1.33. The minimum Gasteiger partial charge on any atom is -0.339 e. The van der Waals surface area contributed by atoms with Crippen LogP contribution in [0.2, 0.25) is 0 Å². The van der Waals surface area contributed by atoms with E-state index in [0.717, 1.165) is 11.2 Å². The van der Waals surface area contributed by atoms with Crippen molar-refractivity contribution in [2.75, 3.05) is 0 Å². The smallest absolute Gasteiger partial charge is 0.186 e. The Labute approximate surface area is 107 Å². The molecule has 0 unspecified atom stereocenters.